The van der Waals surface area contributed by atoms with Gasteiger partial charge >= 0.3 is 0 Å². The van der Waals surface area contributed by atoms with Gasteiger partial charge in [0.25, 0.3) is 0 Å². The lowest BCUT2D eigenvalue weighted by molar-refractivity contribution is -0.135. The Morgan fingerprint density at radius 2 is 2.04 bits per heavy atom. The molecule has 0 aromatic heterocycles. The SMILES string of the molecule is COc1ccc(CCCC(=O)N2CCCCC2C(C)N)cc1.Cl. The predicted octanol–water partition coefficient (Wildman–Crippen LogP) is 3.17. The summed E-state index contributed by atoms with van der Waals surface area (Å²) < 4.78 is 5.15. The summed E-state index contributed by atoms with van der Waals surface area (Å²) in [5.74, 6) is 1.13. The molecule has 0 radical (unpaired) electrons. The highest BCUT2D eigenvalue weighted by Gasteiger charge is 2.28. The number of ether oxygens (including phenoxy) is 1. The van der Waals surface area contributed by atoms with E-state index in [0.29, 0.717) is 6.42 Å². The number of likely N-dealkylation sites (tertiary alicyclic amines) is 1. The van der Waals surface area contributed by atoms with E-state index in [1.165, 1.54) is 12.0 Å². The maximum Gasteiger partial charge on any atom is 0.222 e. The van der Waals surface area contributed by atoms with Crippen molar-refractivity contribution >= 4 is 18.3 Å². The van der Waals surface area contributed by atoms with E-state index in [9.17, 15) is 4.79 Å². The molecule has 5 heteroatoms. The molecule has 2 N–H and O–H groups in total. The van der Waals surface area contributed by atoms with Crippen LogP contribution in [-0.2, 0) is 11.2 Å². The molecule has 2 rings (SSSR count). The molecule has 23 heavy (non-hydrogen) atoms. The Morgan fingerprint density at radius 3 is 2.65 bits per heavy atom. The number of hydrogen-bond donors (Lipinski definition) is 1. The van der Waals surface area contributed by atoms with E-state index in [4.69, 9.17) is 10.5 Å². The maximum atomic E-state index is 12.5. The van der Waals surface area contributed by atoms with E-state index < -0.39 is 0 Å². The smallest absolute Gasteiger partial charge is 0.222 e. The van der Waals surface area contributed by atoms with Gasteiger partial charge in [-0.1, -0.05) is 12.1 Å². The third kappa shape index (κ3) is 5.70. The number of carbonyl (C=O) groups is 1. The van der Waals surface area contributed by atoms with Crippen LogP contribution in [0, 0.1) is 0 Å². The van der Waals surface area contributed by atoms with E-state index in [2.05, 4.69) is 12.1 Å². The van der Waals surface area contributed by atoms with E-state index in [1.54, 1.807) is 7.11 Å². The number of methoxy groups -OCH3 is 1. The second kappa shape index (κ2) is 9.78. The largest absolute Gasteiger partial charge is 0.497 e. The number of halogens is 1. The summed E-state index contributed by atoms with van der Waals surface area (Å²) in [5, 5.41) is 0. The third-order valence-corrected chi connectivity index (χ3v) is 4.49. The molecule has 1 aromatic carbocycles. The molecule has 0 saturated carbocycles. The lowest BCUT2D eigenvalue weighted by atomic mass is 9.96. The minimum atomic E-state index is 0. The number of aryl methyl sites for hydroxylation is 1. The summed E-state index contributed by atoms with van der Waals surface area (Å²) in [6.45, 7) is 2.88. The second-order valence-electron chi connectivity index (χ2n) is 6.21. The summed E-state index contributed by atoms with van der Waals surface area (Å²) >= 11 is 0. The van der Waals surface area contributed by atoms with Gasteiger partial charge < -0.3 is 15.4 Å². The lowest BCUT2D eigenvalue weighted by Gasteiger charge is -2.38. The molecular weight excluding hydrogens is 312 g/mol. The molecule has 1 aliphatic rings. The predicted molar refractivity (Wildman–Crippen MR) is 96.2 cm³/mol. The first-order valence-electron chi connectivity index (χ1n) is 8.30. The average Bonchev–Trinajstić information content (AvgIpc) is 2.55. The van der Waals surface area contributed by atoms with Gasteiger partial charge in [-0.3, -0.25) is 4.79 Å². The van der Waals surface area contributed by atoms with Crippen molar-refractivity contribution < 1.29 is 9.53 Å². The van der Waals surface area contributed by atoms with Gasteiger partial charge in [0.1, 0.15) is 5.75 Å². The van der Waals surface area contributed by atoms with Gasteiger partial charge in [-0.2, -0.15) is 0 Å². The van der Waals surface area contributed by atoms with Crippen LogP contribution in [0.1, 0.15) is 44.6 Å². The van der Waals surface area contributed by atoms with Crippen LogP contribution < -0.4 is 10.5 Å². The molecule has 2 atom stereocenters. The van der Waals surface area contributed by atoms with Gasteiger partial charge in [0.15, 0.2) is 0 Å². The fourth-order valence-corrected chi connectivity index (χ4v) is 3.19. The average molecular weight is 341 g/mol. The first-order valence-corrected chi connectivity index (χ1v) is 8.30. The van der Waals surface area contributed by atoms with Crippen molar-refractivity contribution in [1.82, 2.24) is 4.90 Å². The van der Waals surface area contributed by atoms with Crippen LogP contribution in [0.4, 0.5) is 0 Å². The molecule has 1 saturated heterocycles. The highest BCUT2D eigenvalue weighted by molar-refractivity contribution is 5.85. The lowest BCUT2D eigenvalue weighted by Crippen LogP contribution is -2.51. The van der Waals surface area contributed by atoms with Gasteiger partial charge in [-0.15, -0.1) is 12.4 Å². The van der Waals surface area contributed by atoms with Crippen LogP contribution in [-0.4, -0.2) is 36.5 Å². The fourth-order valence-electron chi connectivity index (χ4n) is 3.19. The Labute approximate surface area is 145 Å². The van der Waals surface area contributed by atoms with Gasteiger partial charge in [0.2, 0.25) is 5.91 Å². The zero-order chi connectivity index (χ0) is 15.9. The van der Waals surface area contributed by atoms with Crippen LogP contribution >= 0.6 is 12.4 Å². The number of hydrogen-bond acceptors (Lipinski definition) is 3. The molecule has 0 spiro atoms. The summed E-state index contributed by atoms with van der Waals surface area (Å²) in [7, 11) is 1.67. The molecule has 1 amide bonds. The minimum absolute atomic E-state index is 0. The molecule has 130 valence electrons. The molecule has 1 aromatic rings. The summed E-state index contributed by atoms with van der Waals surface area (Å²) in [4.78, 5) is 14.5. The van der Waals surface area contributed by atoms with Crippen molar-refractivity contribution in [3.8, 4) is 5.75 Å². The Morgan fingerprint density at radius 1 is 1.35 bits per heavy atom. The number of amides is 1. The minimum Gasteiger partial charge on any atom is -0.497 e. The maximum absolute atomic E-state index is 12.5. The molecule has 1 heterocycles. The zero-order valence-corrected chi connectivity index (χ0v) is 15.0. The first kappa shape index (κ1) is 19.8. The molecule has 0 bridgehead atoms. The molecule has 1 fully saturated rings. The molecule has 0 aliphatic carbocycles. The van der Waals surface area contributed by atoms with Crippen LogP contribution in [0.3, 0.4) is 0 Å². The van der Waals surface area contributed by atoms with Crippen LogP contribution in [0.15, 0.2) is 24.3 Å². The van der Waals surface area contributed by atoms with Crippen molar-refractivity contribution in [2.75, 3.05) is 13.7 Å². The number of piperidine rings is 1. The molecular formula is C18H29ClN2O2. The summed E-state index contributed by atoms with van der Waals surface area (Å²) in [6.07, 6.45) is 5.74. The van der Waals surface area contributed by atoms with E-state index >= 15 is 0 Å². The van der Waals surface area contributed by atoms with Gasteiger partial charge in [-0.25, -0.2) is 0 Å². The highest BCUT2D eigenvalue weighted by atomic mass is 35.5. The standard InChI is InChI=1S/C18H28N2O2.ClH/c1-14(19)17-7-3-4-13-20(17)18(21)8-5-6-15-9-11-16(22-2)12-10-15;/h9-12,14,17H,3-8,13,19H2,1-2H3;1H. The summed E-state index contributed by atoms with van der Waals surface area (Å²) in [6, 6.07) is 8.35. The number of carbonyl (C=O) groups excluding carboxylic acids is 1. The van der Waals surface area contributed by atoms with Crippen molar-refractivity contribution in [3.63, 3.8) is 0 Å². The van der Waals surface area contributed by atoms with Crippen molar-refractivity contribution in [2.24, 2.45) is 5.73 Å². The van der Waals surface area contributed by atoms with E-state index in [-0.39, 0.29) is 30.4 Å². The number of benzene rings is 1. The second-order valence-corrected chi connectivity index (χ2v) is 6.21. The Bertz CT molecular complexity index is 476. The Balaban J connectivity index is 0.00000264. The first-order chi connectivity index (χ1) is 10.6. The van der Waals surface area contributed by atoms with E-state index in [1.807, 2.05) is 24.0 Å². The summed E-state index contributed by atoms with van der Waals surface area (Å²) in [5.41, 5.74) is 7.28. The normalized spacial score (nSPS) is 18.9. The number of nitrogens with two attached hydrogens (primary N) is 1. The van der Waals surface area contributed by atoms with Crippen molar-refractivity contribution in [2.45, 2.75) is 57.5 Å². The quantitative estimate of drug-likeness (QED) is 0.865. The monoisotopic (exact) mass is 340 g/mol. The van der Waals surface area contributed by atoms with Crippen LogP contribution in [0.25, 0.3) is 0 Å². The number of rotatable bonds is 6. The van der Waals surface area contributed by atoms with Gasteiger partial charge in [0, 0.05) is 25.0 Å². The molecule has 4 nitrogen and oxygen atoms in total. The molecule has 1 aliphatic heterocycles. The zero-order valence-electron chi connectivity index (χ0n) is 14.2. The fraction of sp³-hybridized carbons (Fsp3) is 0.611. The van der Waals surface area contributed by atoms with Crippen LogP contribution in [0.2, 0.25) is 0 Å². The van der Waals surface area contributed by atoms with E-state index in [0.717, 1.165) is 38.0 Å². The van der Waals surface area contributed by atoms with Crippen molar-refractivity contribution in [3.05, 3.63) is 29.8 Å². The van der Waals surface area contributed by atoms with Gasteiger partial charge in [0.05, 0.1) is 7.11 Å². The highest BCUT2D eigenvalue weighted by Crippen LogP contribution is 2.21. The molecule has 2 unspecified atom stereocenters. The van der Waals surface area contributed by atoms with Gasteiger partial charge in [-0.05, 0) is 56.7 Å². The Hall–Kier alpha value is -1.26. The third-order valence-electron chi connectivity index (χ3n) is 4.49. The number of nitrogens with zero attached hydrogens (tertiary/aromatic N) is 1. The topological polar surface area (TPSA) is 55.6 Å². The van der Waals surface area contributed by atoms with Crippen LogP contribution in [0.5, 0.6) is 5.75 Å². The van der Waals surface area contributed by atoms with Crippen molar-refractivity contribution in [1.29, 1.82) is 0 Å². The Kier molecular flexibility index (Phi) is 8.42.